The molecular formula is C19H16BNO3. The summed E-state index contributed by atoms with van der Waals surface area (Å²) >= 11 is 0. The second kappa shape index (κ2) is 5.71. The highest BCUT2D eigenvalue weighted by Crippen LogP contribution is 2.38. The summed E-state index contributed by atoms with van der Waals surface area (Å²) in [7, 11) is -1.86. The van der Waals surface area contributed by atoms with Crippen molar-refractivity contribution in [2.24, 2.45) is 0 Å². The summed E-state index contributed by atoms with van der Waals surface area (Å²) in [6.45, 7) is 1.89. The van der Waals surface area contributed by atoms with Crippen LogP contribution in [0, 0.1) is 6.92 Å². The van der Waals surface area contributed by atoms with E-state index in [1.54, 1.807) is 0 Å². The lowest BCUT2D eigenvalue weighted by Gasteiger charge is -2.14. The number of benzene rings is 3. The molecule has 2 N–H and O–H groups in total. The third-order valence-electron chi connectivity index (χ3n) is 4.22. The van der Waals surface area contributed by atoms with Gasteiger partial charge < -0.3 is 19.3 Å². The van der Waals surface area contributed by atoms with Crippen molar-refractivity contribution in [1.29, 1.82) is 0 Å². The van der Waals surface area contributed by atoms with Crippen molar-refractivity contribution in [3.8, 4) is 11.4 Å². The van der Waals surface area contributed by atoms with Gasteiger partial charge in [-0.2, -0.15) is 0 Å². The fourth-order valence-electron chi connectivity index (χ4n) is 3.23. The first-order chi connectivity index (χ1) is 11.7. The molecule has 0 aliphatic heterocycles. The quantitative estimate of drug-likeness (QED) is 0.569. The number of aromatic nitrogens is 1. The minimum absolute atomic E-state index is 0.475. The molecule has 24 heavy (non-hydrogen) atoms. The van der Waals surface area contributed by atoms with Gasteiger partial charge >= 0.3 is 7.32 Å². The zero-order valence-electron chi connectivity index (χ0n) is 13.2. The van der Waals surface area contributed by atoms with Gasteiger partial charge in [-0.25, -0.2) is 0 Å². The van der Waals surface area contributed by atoms with Gasteiger partial charge in [-0.1, -0.05) is 48.5 Å². The molecule has 0 amide bonds. The highest BCUT2D eigenvalue weighted by atomic mass is 16.6. The minimum atomic E-state index is -1.86. The Bertz CT molecular complexity index is 1030. The van der Waals surface area contributed by atoms with Crippen LogP contribution < -0.4 is 4.65 Å². The maximum absolute atomic E-state index is 9.35. The zero-order chi connectivity index (χ0) is 16.7. The Labute approximate surface area is 139 Å². The summed E-state index contributed by atoms with van der Waals surface area (Å²) in [5.41, 5.74) is 3.71. The molecular weight excluding hydrogens is 301 g/mol. The van der Waals surface area contributed by atoms with Crippen LogP contribution >= 0.6 is 0 Å². The maximum atomic E-state index is 9.35. The van der Waals surface area contributed by atoms with Crippen molar-refractivity contribution >= 4 is 29.1 Å². The van der Waals surface area contributed by atoms with Gasteiger partial charge in [-0.15, -0.1) is 0 Å². The molecule has 0 unspecified atom stereocenters. The van der Waals surface area contributed by atoms with Crippen molar-refractivity contribution in [3.05, 3.63) is 72.3 Å². The predicted molar refractivity (Wildman–Crippen MR) is 96.3 cm³/mol. The van der Waals surface area contributed by atoms with E-state index in [1.807, 2.05) is 61.5 Å². The van der Waals surface area contributed by atoms with Gasteiger partial charge in [0.15, 0.2) is 0 Å². The van der Waals surface area contributed by atoms with Crippen LogP contribution in [-0.4, -0.2) is 21.9 Å². The van der Waals surface area contributed by atoms with Crippen LogP contribution in [-0.2, 0) is 0 Å². The molecule has 0 aliphatic rings. The molecule has 0 aliphatic carbocycles. The fourth-order valence-corrected chi connectivity index (χ4v) is 3.23. The van der Waals surface area contributed by atoms with Gasteiger partial charge in [0.25, 0.3) is 0 Å². The molecule has 0 saturated heterocycles. The number of para-hydroxylation sites is 2. The SMILES string of the molecule is Cc1ccc2c3ccccc3n(-c3ccccc3)c2c1OB(O)O. The van der Waals surface area contributed by atoms with E-state index in [0.29, 0.717) is 5.75 Å². The molecule has 4 rings (SSSR count). The molecule has 0 radical (unpaired) electrons. The number of fused-ring (bicyclic) bond motifs is 3. The van der Waals surface area contributed by atoms with E-state index in [2.05, 4.69) is 16.7 Å². The Kier molecular flexibility index (Phi) is 3.52. The summed E-state index contributed by atoms with van der Waals surface area (Å²) in [4.78, 5) is 0. The average molecular weight is 317 g/mol. The van der Waals surface area contributed by atoms with Crippen molar-refractivity contribution in [2.75, 3.05) is 0 Å². The Hall–Kier alpha value is -2.76. The number of hydrogen-bond acceptors (Lipinski definition) is 3. The number of aryl methyl sites for hydroxylation is 1. The van der Waals surface area contributed by atoms with Gasteiger partial charge in [0.1, 0.15) is 5.75 Å². The van der Waals surface area contributed by atoms with Crippen molar-refractivity contribution in [2.45, 2.75) is 6.92 Å². The zero-order valence-corrected chi connectivity index (χ0v) is 13.2. The minimum Gasteiger partial charge on any atom is -0.510 e. The molecule has 3 aromatic carbocycles. The molecule has 0 saturated carbocycles. The van der Waals surface area contributed by atoms with Gasteiger partial charge in [0, 0.05) is 16.5 Å². The summed E-state index contributed by atoms with van der Waals surface area (Å²) in [5.74, 6) is 0.475. The molecule has 1 aromatic heterocycles. The van der Waals surface area contributed by atoms with E-state index in [4.69, 9.17) is 4.65 Å². The first-order valence-electron chi connectivity index (χ1n) is 7.78. The van der Waals surface area contributed by atoms with Gasteiger partial charge in [-0.05, 0) is 30.7 Å². The standard InChI is InChI=1S/C19H16BNO3/c1-13-11-12-16-15-9-5-6-10-17(15)21(14-7-3-2-4-8-14)18(16)19(13)24-20(22)23/h2-12,22-23H,1H3. The lowest BCUT2D eigenvalue weighted by Crippen LogP contribution is -2.21. The normalized spacial score (nSPS) is 11.1. The van der Waals surface area contributed by atoms with E-state index in [-0.39, 0.29) is 0 Å². The summed E-state index contributed by atoms with van der Waals surface area (Å²) in [6.07, 6.45) is 0. The lowest BCUT2D eigenvalue weighted by molar-refractivity contribution is 0.288. The van der Waals surface area contributed by atoms with E-state index >= 15 is 0 Å². The third-order valence-corrected chi connectivity index (χ3v) is 4.22. The van der Waals surface area contributed by atoms with Gasteiger partial charge in [0.05, 0.1) is 11.0 Å². The van der Waals surface area contributed by atoms with E-state index in [1.165, 1.54) is 0 Å². The first kappa shape index (κ1) is 14.8. The molecule has 0 spiro atoms. The molecule has 5 heteroatoms. The number of nitrogens with zero attached hydrogens (tertiary/aromatic N) is 1. The van der Waals surface area contributed by atoms with Crippen molar-refractivity contribution in [3.63, 3.8) is 0 Å². The van der Waals surface area contributed by atoms with Crippen LogP contribution in [0.2, 0.25) is 0 Å². The summed E-state index contributed by atoms with van der Waals surface area (Å²) in [5, 5.41) is 20.8. The third kappa shape index (κ3) is 2.26. The van der Waals surface area contributed by atoms with Crippen LogP contribution in [0.3, 0.4) is 0 Å². The topological polar surface area (TPSA) is 54.6 Å². The monoisotopic (exact) mass is 317 g/mol. The van der Waals surface area contributed by atoms with E-state index < -0.39 is 7.32 Å². The van der Waals surface area contributed by atoms with Gasteiger partial charge in [-0.3, -0.25) is 0 Å². The van der Waals surface area contributed by atoms with Crippen LogP contribution in [0.25, 0.3) is 27.5 Å². The molecule has 4 aromatic rings. The van der Waals surface area contributed by atoms with Crippen LogP contribution in [0.15, 0.2) is 66.7 Å². The molecule has 0 bridgehead atoms. The van der Waals surface area contributed by atoms with Crippen molar-refractivity contribution < 1.29 is 14.7 Å². The highest BCUT2D eigenvalue weighted by Gasteiger charge is 2.21. The molecule has 1 heterocycles. The second-order valence-electron chi connectivity index (χ2n) is 5.74. The average Bonchev–Trinajstić information content (AvgIpc) is 2.92. The number of hydrogen-bond donors (Lipinski definition) is 2. The number of rotatable bonds is 3. The van der Waals surface area contributed by atoms with Crippen LogP contribution in [0.5, 0.6) is 5.75 Å². The highest BCUT2D eigenvalue weighted by molar-refractivity contribution is 6.34. The van der Waals surface area contributed by atoms with Crippen LogP contribution in [0.1, 0.15) is 5.56 Å². The molecule has 0 fully saturated rings. The van der Waals surface area contributed by atoms with Crippen LogP contribution in [0.4, 0.5) is 0 Å². The van der Waals surface area contributed by atoms with Crippen molar-refractivity contribution in [1.82, 2.24) is 4.57 Å². The first-order valence-corrected chi connectivity index (χ1v) is 7.78. The lowest BCUT2D eigenvalue weighted by atomic mass is 10.1. The van der Waals surface area contributed by atoms with Gasteiger partial charge in [0.2, 0.25) is 0 Å². The smallest absolute Gasteiger partial charge is 0.510 e. The Morgan fingerprint density at radius 2 is 1.54 bits per heavy atom. The Morgan fingerprint density at radius 1 is 0.833 bits per heavy atom. The molecule has 118 valence electrons. The predicted octanol–water partition coefficient (Wildman–Crippen LogP) is 3.44. The largest absolute Gasteiger partial charge is 0.707 e. The second-order valence-corrected chi connectivity index (χ2v) is 5.74. The van der Waals surface area contributed by atoms with E-state index in [9.17, 15) is 10.0 Å². The fraction of sp³-hybridized carbons (Fsp3) is 0.0526. The van der Waals surface area contributed by atoms with E-state index in [0.717, 1.165) is 33.1 Å². The maximum Gasteiger partial charge on any atom is 0.707 e. The Balaban J connectivity index is 2.19. The molecule has 0 atom stereocenters. The molecule has 4 nitrogen and oxygen atoms in total. The Morgan fingerprint density at radius 3 is 2.29 bits per heavy atom. The summed E-state index contributed by atoms with van der Waals surface area (Å²) < 4.78 is 7.43. The summed E-state index contributed by atoms with van der Waals surface area (Å²) in [6, 6.07) is 22.1.